The first-order chi connectivity index (χ1) is 9.83. The minimum absolute atomic E-state index is 0.226. The van der Waals surface area contributed by atoms with Crippen LogP contribution in [0.1, 0.15) is 32.8 Å². The number of hydrogen-bond donors (Lipinski definition) is 1. The molecule has 21 heavy (non-hydrogen) atoms. The first-order valence-electron chi connectivity index (χ1n) is 7.27. The molecule has 0 atom stereocenters. The van der Waals surface area contributed by atoms with Gasteiger partial charge in [0.15, 0.2) is 0 Å². The van der Waals surface area contributed by atoms with Crippen LogP contribution in [0, 0.1) is 5.92 Å². The van der Waals surface area contributed by atoms with E-state index in [-0.39, 0.29) is 11.8 Å². The first-order valence-corrected chi connectivity index (χ1v) is 7.27. The smallest absolute Gasteiger partial charge is 0.410 e. The van der Waals surface area contributed by atoms with Crippen LogP contribution in [0.4, 0.5) is 4.79 Å². The van der Waals surface area contributed by atoms with Gasteiger partial charge < -0.3 is 14.7 Å². The number of phenolic OH excluding ortho intramolecular Hbond substituents is 1. The number of rotatable bonds is 3. The number of allylic oxidation sites excluding steroid dienone is 1. The lowest BCUT2D eigenvalue weighted by atomic mass is 9.96. The number of phenols is 1. The van der Waals surface area contributed by atoms with Gasteiger partial charge in [0.1, 0.15) is 11.4 Å². The molecule has 1 saturated heterocycles. The Morgan fingerprint density at radius 2 is 2.14 bits per heavy atom. The van der Waals surface area contributed by atoms with Crippen LogP contribution in [0.3, 0.4) is 0 Å². The Labute approximate surface area is 126 Å². The highest BCUT2D eigenvalue weighted by atomic mass is 16.6. The van der Waals surface area contributed by atoms with Crippen LogP contribution in [0.25, 0.3) is 6.08 Å². The van der Waals surface area contributed by atoms with E-state index in [1.807, 2.05) is 39.0 Å². The van der Waals surface area contributed by atoms with Crippen molar-refractivity contribution in [3.05, 3.63) is 35.9 Å². The summed E-state index contributed by atoms with van der Waals surface area (Å²) < 4.78 is 5.32. The molecule has 0 saturated carbocycles. The van der Waals surface area contributed by atoms with Crippen LogP contribution in [0.5, 0.6) is 5.75 Å². The van der Waals surface area contributed by atoms with E-state index < -0.39 is 5.60 Å². The fourth-order valence-electron chi connectivity index (χ4n) is 2.22. The molecule has 1 heterocycles. The second kappa shape index (κ2) is 6.20. The van der Waals surface area contributed by atoms with Gasteiger partial charge in [-0.1, -0.05) is 24.3 Å². The molecular weight excluding hydrogens is 266 g/mol. The fourth-order valence-corrected chi connectivity index (χ4v) is 2.22. The van der Waals surface area contributed by atoms with Gasteiger partial charge in [-0.05, 0) is 50.8 Å². The van der Waals surface area contributed by atoms with Gasteiger partial charge in [-0.25, -0.2) is 4.79 Å². The van der Waals surface area contributed by atoms with E-state index in [0.717, 1.165) is 25.1 Å². The Hall–Kier alpha value is -1.97. The van der Waals surface area contributed by atoms with Crippen molar-refractivity contribution in [2.75, 3.05) is 13.1 Å². The fraction of sp³-hybridized carbons (Fsp3) is 0.471. The summed E-state index contributed by atoms with van der Waals surface area (Å²) in [5.74, 6) is 0.767. The molecule has 4 heteroatoms. The van der Waals surface area contributed by atoms with Gasteiger partial charge in [0.2, 0.25) is 0 Å². The summed E-state index contributed by atoms with van der Waals surface area (Å²) in [5.41, 5.74) is 0.551. The molecule has 4 nitrogen and oxygen atoms in total. The highest BCUT2D eigenvalue weighted by Crippen LogP contribution is 2.23. The minimum Gasteiger partial charge on any atom is -0.508 e. The van der Waals surface area contributed by atoms with Gasteiger partial charge >= 0.3 is 6.09 Å². The van der Waals surface area contributed by atoms with Crippen LogP contribution in [0.15, 0.2) is 30.3 Å². The van der Waals surface area contributed by atoms with Crippen molar-refractivity contribution >= 4 is 12.2 Å². The molecular formula is C17H23NO3. The molecule has 1 amide bonds. The molecule has 0 radical (unpaired) electrons. The number of ether oxygens (including phenoxy) is 1. The summed E-state index contributed by atoms with van der Waals surface area (Å²) in [4.78, 5) is 13.5. The van der Waals surface area contributed by atoms with Crippen molar-refractivity contribution in [3.63, 3.8) is 0 Å². The van der Waals surface area contributed by atoms with E-state index in [1.54, 1.807) is 17.0 Å². The summed E-state index contributed by atoms with van der Waals surface area (Å²) in [7, 11) is 0. The third-order valence-corrected chi connectivity index (χ3v) is 3.26. The lowest BCUT2D eigenvalue weighted by Crippen LogP contribution is -2.51. The van der Waals surface area contributed by atoms with Crippen LogP contribution in [-0.2, 0) is 4.74 Å². The van der Waals surface area contributed by atoms with E-state index >= 15 is 0 Å². The molecule has 0 spiro atoms. The normalized spacial score (nSPS) is 16.0. The van der Waals surface area contributed by atoms with Gasteiger partial charge in [0.05, 0.1) is 0 Å². The third-order valence-electron chi connectivity index (χ3n) is 3.26. The van der Waals surface area contributed by atoms with Crippen molar-refractivity contribution < 1.29 is 14.6 Å². The first kappa shape index (κ1) is 15.4. The Bertz CT molecular complexity index is 525. The molecule has 1 aromatic carbocycles. The summed E-state index contributed by atoms with van der Waals surface area (Å²) in [5, 5.41) is 9.38. The van der Waals surface area contributed by atoms with Crippen LogP contribution in [-0.4, -0.2) is 34.8 Å². The quantitative estimate of drug-likeness (QED) is 0.923. The predicted octanol–water partition coefficient (Wildman–Crippen LogP) is 3.66. The van der Waals surface area contributed by atoms with E-state index in [0.29, 0.717) is 5.92 Å². The molecule has 0 bridgehead atoms. The SMILES string of the molecule is CC(C)(C)OC(=O)N1CC(C/C=C/c2cccc(O)c2)C1. The lowest BCUT2D eigenvalue weighted by molar-refractivity contribution is -0.000490. The molecule has 1 aliphatic rings. The van der Waals surface area contributed by atoms with Gasteiger partial charge in [0.25, 0.3) is 0 Å². The van der Waals surface area contributed by atoms with Crippen molar-refractivity contribution in [1.29, 1.82) is 0 Å². The maximum atomic E-state index is 11.8. The molecule has 1 aliphatic heterocycles. The average Bonchev–Trinajstić information content (AvgIpc) is 2.29. The molecule has 1 N–H and O–H groups in total. The highest BCUT2D eigenvalue weighted by molar-refractivity contribution is 5.69. The lowest BCUT2D eigenvalue weighted by Gasteiger charge is -2.39. The molecule has 1 fully saturated rings. The molecule has 0 unspecified atom stereocenters. The number of likely N-dealkylation sites (tertiary alicyclic amines) is 1. The van der Waals surface area contributed by atoms with E-state index in [1.165, 1.54) is 0 Å². The van der Waals surface area contributed by atoms with Crippen molar-refractivity contribution in [1.82, 2.24) is 4.90 Å². The zero-order valence-electron chi connectivity index (χ0n) is 12.9. The largest absolute Gasteiger partial charge is 0.508 e. The maximum Gasteiger partial charge on any atom is 0.410 e. The molecule has 0 aliphatic carbocycles. The zero-order chi connectivity index (χ0) is 15.5. The van der Waals surface area contributed by atoms with E-state index in [9.17, 15) is 9.90 Å². The Morgan fingerprint density at radius 3 is 2.76 bits per heavy atom. The van der Waals surface area contributed by atoms with Crippen molar-refractivity contribution in [3.8, 4) is 5.75 Å². The number of aromatic hydroxyl groups is 1. The van der Waals surface area contributed by atoms with Gasteiger partial charge in [-0.15, -0.1) is 0 Å². The predicted molar refractivity (Wildman–Crippen MR) is 83.1 cm³/mol. The van der Waals surface area contributed by atoms with Crippen LogP contribution >= 0.6 is 0 Å². The standard InChI is InChI=1S/C17H23NO3/c1-17(2,3)21-16(20)18-11-14(12-18)8-4-6-13-7-5-9-15(19)10-13/h4-7,9-10,14,19H,8,11-12H2,1-3H3/b6-4+. The number of nitrogens with zero attached hydrogens (tertiary/aromatic N) is 1. The van der Waals surface area contributed by atoms with E-state index in [4.69, 9.17) is 4.74 Å². The highest BCUT2D eigenvalue weighted by Gasteiger charge is 2.32. The maximum absolute atomic E-state index is 11.8. The Morgan fingerprint density at radius 1 is 1.43 bits per heavy atom. The second-order valence-electron chi connectivity index (χ2n) is 6.48. The third kappa shape index (κ3) is 4.81. The molecule has 1 aromatic rings. The van der Waals surface area contributed by atoms with Crippen LogP contribution in [0.2, 0.25) is 0 Å². The van der Waals surface area contributed by atoms with Crippen LogP contribution < -0.4 is 0 Å². The summed E-state index contributed by atoms with van der Waals surface area (Å²) in [6.45, 7) is 7.12. The summed E-state index contributed by atoms with van der Waals surface area (Å²) >= 11 is 0. The monoisotopic (exact) mass is 289 g/mol. The van der Waals surface area contributed by atoms with Gasteiger partial charge in [-0.3, -0.25) is 0 Å². The van der Waals surface area contributed by atoms with E-state index in [2.05, 4.69) is 6.08 Å². The number of carbonyl (C=O) groups is 1. The molecule has 2 rings (SSSR count). The molecule has 114 valence electrons. The topological polar surface area (TPSA) is 49.8 Å². The van der Waals surface area contributed by atoms with Gasteiger partial charge in [-0.2, -0.15) is 0 Å². The molecule has 0 aromatic heterocycles. The second-order valence-corrected chi connectivity index (χ2v) is 6.48. The number of amides is 1. The zero-order valence-corrected chi connectivity index (χ0v) is 12.9. The minimum atomic E-state index is -0.433. The number of benzene rings is 1. The Balaban J connectivity index is 1.72. The van der Waals surface area contributed by atoms with Crippen molar-refractivity contribution in [2.45, 2.75) is 32.8 Å². The number of hydrogen-bond acceptors (Lipinski definition) is 3. The Kier molecular flexibility index (Phi) is 4.56. The summed E-state index contributed by atoms with van der Waals surface area (Å²) in [6.07, 6.45) is 4.78. The average molecular weight is 289 g/mol. The van der Waals surface area contributed by atoms with Gasteiger partial charge in [0, 0.05) is 13.1 Å². The van der Waals surface area contributed by atoms with Crippen molar-refractivity contribution in [2.24, 2.45) is 5.92 Å². The summed E-state index contributed by atoms with van der Waals surface area (Å²) in [6, 6.07) is 7.15. The number of carbonyl (C=O) groups excluding carboxylic acids is 1.